The number of aryl methyl sites for hydroxylation is 1. The van der Waals surface area contributed by atoms with E-state index in [9.17, 15) is 4.79 Å². The van der Waals surface area contributed by atoms with E-state index in [1.807, 2.05) is 82.4 Å². The fraction of sp³-hybridized carbons (Fsp3) is 0.371. The molecule has 6 heteroatoms. The number of nitrogens with zero attached hydrogens (tertiary/aromatic N) is 3. The molecule has 0 aliphatic heterocycles. The highest BCUT2D eigenvalue weighted by atomic mass is 16.6. The average molecular weight is 550 g/mol. The normalized spacial score (nSPS) is 17.2. The molecule has 212 valence electrons. The van der Waals surface area contributed by atoms with Gasteiger partial charge in [0.1, 0.15) is 18.0 Å². The molecule has 1 fully saturated rings. The van der Waals surface area contributed by atoms with E-state index in [1.54, 1.807) is 0 Å². The highest BCUT2D eigenvalue weighted by molar-refractivity contribution is 5.91. The minimum Gasteiger partial charge on any atom is -0.484 e. The number of hydrogen-bond donors (Lipinski definition) is 0. The van der Waals surface area contributed by atoms with Crippen molar-refractivity contribution in [1.82, 2.24) is 15.0 Å². The van der Waals surface area contributed by atoms with Gasteiger partial charge in [0, 0.05) is 18.2 Å². The molecule has 0 atom stereocenters. The molecular formula is C35H39N3O3. The monoisotopic (exact) mass is 549 g/mol. The topological polar surface area (TPSA) is 74.2 Å². The van der Waals surface area contributed by atoms with Gasteiger partial charge in [-0.3, -0.25) is 4.98 Å². The van der Waals surface area contributed by atoms with Crippen molar-refractivity contribution in [3.63, 3.8) is 0 Å². The summed E-state index contributed by atoms with van der Waals surface area (Å²) in [6.07, 6.45) is 7.03. The van der Waals surface area contributed by atoms with Crippen LogP contribution in [0.1, 0.15) is 85.5 Å². The van der Waals surface area contributed by atoms with E-state index in [0.29, 0.717) is 35.7 Å². The zero-order valence-electron chi connectivity index (χ0n) is 24.5. The van der Waals surface area contributed by atoms with E-state index in [2.05, 4.69) is 29.2 Å². The van der Waals surface area contributed by atoms with Crippen molar-refractivity contribution in [2.75, 3.05) is 0 Å². The van der Waals surface area contributed by atoms with Crippen LogP contribution >= 0.6 is 0 Å². The van der Waals surface area contributed by atoms with Gasteiger partial charge in [-0.05, 0) is 88.5 Å². The Labute approximate surface area is 243 Å². The van der Waals surface area contributed by atoms with Gasteiger partial charge in [0.2, 0.25) is 0 Å². The summed E-state index contributed by atoms with van der Waals surface area (Å²) in [6, 6.07) is 24.7. The Morgan fingerprint density at radius 2 is 1.59 bits per heavy atom. The lowest BCUT2D eigenvalue weighted by atomic mass is 9.77. The van der Waals surface area contributed by atoms with Crippen molar-refractivity contribution in [2.24, 2.45) is 5.92 Å². The lowest BCUT2D eigenvalue weighted by molar-refractivity contribution is 0.00572. The second kappa shape index (κ2) is 12.6. The molecule has 1 aliphatic rings. The molecule has 41 heavy (non-hydrogen) atoms. The van der Waals surface area contributed by atoms with Gasteiger partial charge >= 0.3 is 5.97 Å². The molecular weight excluding hydrogens is 510 g/mol. The summed E-state index contributed by atoms with van der Waals surface area (Å²) in [6.45, 7) is 7.77. The fourth-order valence-electron chi connectivity index (χ4n) is 5.50. The minimum absolute atomic E-state index is 0.208. The van der Waals surface area contributed by atoms with Gasteiger partial charge in [0.05, 0.1) is 11.4 Å². The number of ether oxygens (including phenoxy) is 2. The second-order valence-electron chi connectivity index (χ2n) is 11.9. The maximum absolute atomic E-state index is 13.2. The van der Waals surface area contributed by atoms with E-state index in [-0.39, 0.29) is 5.69 Å². The molecule has 5 rings (SSSR count). The van der Waals surface area contributed by atoms with Crippen LogP contribution in [0.3, 0.4) is 0 Å². The second-order valence-corrected chi connectivity index (χ2v) is 11.9. The standard InChI is InChI=1S/C35H39N3O3/c1-24-33(40-23-26-10-6-5-7-11-26)32(34(39)41-35(2,3)4)38-31(37-24)22-25-13-15-27(16-14-25)28-17-19-29(20-18-28)30-12-8-9-21-36-30/h5-12,17-21,25,27H,13-16,22-23H2,1-4H3. The van der Waals surface area contributed by atoms with E-state index in [1.165, 1.54) is 5.56 Å². The molecule has 0 bridgehead atoms. The average Bonchev–Trinajstić information content (AvgIpc) is 2.97. The first-order chi connectivity index (χ1) is 19.7. The van der Waals surface area contributed by atoms with Crippen molar-refractivity contribution in [3.05, 3.63) is 107 Å². The Morgan fingerprint density at radius 1 is 0.878 bits per heavy atom. The number of carbonyl (C=O) groups excluding carboxylic acids is 1. The van der Waals surface area contributed by atoms with Crippen molar-refractivity contribution in [2.45, 2.75) is 77.9 Å². The van der Waals surface area contributed by atoms with Crippen LogP contribution in [0.2, 0.25) is 0 Å². The number of carbonyl (C=O) groups is 1. The lowest BCUT2D eigenvalue weighted by Crippen LogP contribution is -2.26. The Bertz CT molecular complexity index is 1440. The van der Waals surface area contributed by atoms with E-state index in [0.717, 1.165) is 48.9 Å². The largest absolute Gasteiger partial charge is 0.484 e. The Balaban J connectivity index is 1.26. The summed E-state index contributed by atoms with van der Waals surface area (Å²) in [5.74, 6) is 1.62. The van der Waals surface area contributed by atoms with Crippen LogP contribution in [0.25, 0.3) is 11.3 Å². The Morgan fingerprint density at radius 3 is 2.24 bits per heavy atom. The number of hydrogen-bond acceptors (Lipinski definition) is 6. The first-order valence-corrected chi connectivity index (χ1v) is 14.5. The van der Waals surface area contributed by atoms with Crippen molar-refractivity contribution < 1.29 is 14.3 Å². The zero-order chi connectivity index (χ0) is 28.8. The predicted octanol–water partition coefficient (Wildman–Crippen LogP) is 7.90. The fourth-order valence-corrected chi connectivity index (χ4v) is 5.50. The van der Waals surface area contributed by atoms with Crippen LogP contribution in [-0.4, -0.2) is 26.5 Å². The molecule has 2 heterocycles. The summed E-state index contributed by atoms with van der Waals surface area (Å²) in [5.41, 5.74) is 4.78. The van der Waals surface area contributed by atoms with Gasteiger partial charge in [-0.15, -0.1) is 0 Å². The molecule has 6 nitrogen and oxygen atoms in total. The third-order valence-corrected chi connectivity index (χ3v) is 7.56. The molecule has 0 saturated heterocycles. The number of aromatic nitrogens is 3. The first kappa shape index (κ1) is 28.5. The van der Waals surface area contributed by atoms with Crippen LogP contribution in [-0.2, 0) is 17.8 Å². The minimum atomic E-state index is -0.638. The van der Waals surface area contributed by atoms with Gasteiger partial charge in [-0.25, -0.2) is 14.8 Å². The van der Waals surface area contributed by atoms with Crippen molar-refractivity contribution in [1.29, 1.82) is 0 Å². The summed E-state index contributed by atoms with van der Waals surface area (Å²) in [4.78, 5) is 27.2. The maximum Gasteiger partial charge on any atom is 0.361 e. The molecule has 2 aromatic heterocycles. The van der Waals surface area contributed by atoms with E-state index >= 15 is 0 Å². The third kappa shape index (κ3) is 7.57. The SMILES string of the molecule is Cc1nc(CC2CCC(c3ccc(-c4ccccn4)cc3)CC2)nc(C(=O)OC(C)(C)C)c1OCc1ccccc1. The Kier molecular flexibility index (Phi) is 8.77. The summed E-state index contributed by atoms with van der Waals surface area (Å²) < 4.78 is 11.8. The molecule has 0 spiro atoms. The van der Waals surface area contributed by atoms with E-state index < -0.39 is 11.6 Å². The van der Waals surface area contributed by atoms with Crippen molar-refractivity contribution in [3.8, 4) is 17.0 Å². The van der Waals surface area contributed by atoms with Crippen LogP contribution in [0.4, 0.5) is 0 Å². The third-order valence-electron chi connectivity index (χ3n) is 7.56. The van der Waals surface area contributed by atoms with Crippen molar-refractivity contribution >= 4 is 5.97 Å². The van der Waals surface area contributed by atoms with Gasteiger partial charge in [-0.1, -0.05) is 60.7 Å². The number of esters is 1. The molecule has 1 aliphatic carbocycles. The van der Waals surface area contributed by atoms with Gasteiger partial charge in [-0.2, -0.15) is 0 Å². The van der Waals surface area contributed by atoms with Crippen LogP contribution in [0.5, 0.6) is 5.75 Å². The summed E-state index contributed by atoms with van der Waals surface area (Å²) >= 11 is 0. The quantitative estimate of drug-likeness (QED) is 0.208. The number of pyridine rings is 1. The maximum atomic E-state index is 13.2. The van der Waals surface area contributed by atoms with Crippen LogP contribution in [0.15, 0.2) is 79.0 Å². The summed E-state index contributed by atoms with van der Waals surface area (Å²) in [7, 11) is 0. The van der Waals surface area contributed by atoms with Crippen LogP contribution in [0, 0.1) is 12.8 Å². The first-order valence-electron chi connectivity index (χ1n) is 14.5. The molecule has 2 aromatic carbocycles. The zero-order valence-corrected chi connectivity index (χ0v) is 24.5. The Hall–Kier alpha value is -4.06. The molecule has 0 N–H and O–H groups in total. The molecule has 0 radical (unpaired) electrons. The molecule has 4 aromatic rings. The highest BCUT2D eigenvalue weighted by Crippen LogP contribution is 2.38. The molecule has 0 amide bonds. The highest BCUT2D eigenvalue weighted by Gasteiger charge is 2.28. The number of benzene rings is 2. The molecule has 1 saturated carbocycles. The summed E-state index contributed by atoms with van der Waals surface area (Å²) in [5, 5.41) is 0. The van der Waals surface area contributed by atoms with Gasteiger partial charge in [0.15, 0.2) is 11.4 Å². The number of rotatable bonds is 8. The predicted molar refractivity (Wildman–Crippen MR) is 161 cm³/mol. The van der Waals surface area contributed by atoms with E-state index in [4.69, 9.17) is 19.4 Å². The van der Waals surface area contributed by atoms with Gasteiger partial charge in [0.25, 0.3) is 0 Å². The lowest BCUT2D eigenvalue weighted by Gasteiger charge is -2.29. The smallest absolute Gasteiger partial charge is 0.361 e. The molecule has 0 unspecified atom stereocenters. The van der Waals surface area contributed by atoms with Gasteiger partial charge < -0.3 is 9.47 Å². The van der Waals surface area contributed by atoms with Crippen LogP contribution < -0.4 is 4.74 Å².